The molecule has 84 valence electrons. The number of rotatable bonds is 4. The zero-order valence-corrected chi connectivity index (χ0v) is 9.56. The SMILES string of the molecule is OCCCn1ccnc1-c1ccc(Cl)cc1. The van der Waals surface area contributed by atoms with Crippen molar-refractivity contribution in [1.82, 2.24) is 9.55 Å². The summed E-state index contributed by atoms with van der Waals surface area (Å²) in [6.07, 6.45) is 4.41. The number of imidazole rings is 1. The lowest BCUT2D eigenvalue weighted by molar-refractivity contribution is 0.280. The molecule has 2 aromatic rings. The van der Waals surface area contributed by atoms with Crippen molar-refractivity contribution in [2.75, 3.05) is 6.61 Å². The summed E-state index contributed by atoms with van der Waals surface area (Å²) in [7, 11) is 0. The Bertz CT molecular complexity index is 450. The van der Waals surface area contributed by atoms with Crippen molar-refractivity contribution in [2.24, 2.45) is 0 Å². The molecule has 0 spiro atoms. The van der Waals surface area contributed by atoms with E-state index in [1.54, 1.807) is 6.20 Å². The van der Waals surface area contributed by atoms with E-state index in [1.165, 1.54) is 0 Å². The molecule has 2 rings (SSSR count). The second-order valence-corrected chi connectivity index (χ2v) is 3.96. The third-order valence-corrected chi connectivity index (χ3v) is 2.63. The fraction of sp³-hybridized carbons (Fsp3) is 0.250. The van der Waals surface area contributed by atoms with Crippen LogP contribution in [-0.2, 0) is 6.54 Å². The van der Waals surface area contributed by atoms with Crippen molar-refractivity contribution in [2.45, 2.75) is 13.0 Å². The molecule has 1 aromatic heterocycles. The number of aliphatic hydroxyl groups is 1. The van der Waals surface area contributed by atoms with Gasteiger partial charge in [0.15, 0.2) is 0 Å². The molecule has 0 fully saturated rings. The standard InChI is InChI=1S/C12H13ClN2O/c13-11-4-2-10(3-5-11)12-14-6-8-15(12)7-1-9-16/h2-6,8,16H,1,7,9H2. The molecule has 0 unspecified atom stereocenters. The van der Waals surface area contributed by atoms with Crippen LogP contribution in [0.15, 0.2) is 36.7 Å². The molecule has 0 aliphatic rings. The average Bonchev–Trinajstić information content (AvgIpc) is 2.75. The predicted molar refractivity (Wildman–Crippen MR) is 64.4 cm³/mol. The van der Waals surface area contributed by atoms with Gasteiger partial charge in [0.2, 0.25) is 0 Å². The Morgan fingerprint density at radius 2 is 2.00 bits per heavy atom. The molecule has 1 N–H and O–H groups in total. The average molecular weight is 237 g/mol. The lowest BCUT2D eigenvalue weighted by Gasteiger charge is -2.06. The summed E-state index contributed by atoms with van der Waals surface area (Å²) in [6.45, 7) is 0.965. The highest BCUT2D eigenvalue weighted by atomic mass is 35.5. The van der Waals surface area contributed by atoms with Gasteiger partial charge in [0.25, 0.3) is 0 Å². The number of aromatic nitrogens is 2. The molecular weight excluding hydrogens is 224 g/mol. The van der Waals surface area contributed by atoms with E-state index in [1.807, 2.05) is 35.0 Å². The van der Waals surface area contributed by atoms with Crippen LogP contribution in [-0.4, -0.2) is 21.3 Å². The van der Waals surface area contributed by atoms with Crippen LogP contribution in [0.3, 0.4) is 0 Å². The van der Waals surface area contributed by atoms with Crippen molar-refractivity contribution < 1.29 is 5.11 Å². The highest BCUT2D eigenvalue weighted by Crippen LogP contribution is 2.20. The fourth-order valence-corrected chi connectivity index (χ4v) is 1.72. The van der Waals surface area contributed by atoms with Crippen LogP contribution >= 0.6 is 11.6 Å². The zero-order valence-electron chi connectivity index (χ0n) is 8.81. The van der Waals surface area contributed by atoms with Crippen LogP contribution in [0.25, 0.3) is 11.4 Å². The summed E-state index contributed by atoms with van der Waals surface area (Å²) in [5.41, 5.74) is 1.03. The smallest absolute Gasteiger partial charge is 0.139 e. The molecule has 4 heteroatoms. The van der Waals surface area contributed by atoms with Crippen LogP contribution in [0.2, 0.25) is 5.02 Å². The second kappa shape index (κ2) is 5.14. The Morgan fingerprint density at radius 3 is 2.69 bits per heavy atom. The summed E-state index contributed by atoms with van der Waals surface area (Å²) in [5.74, 6) is 0.908. The number of halogens is 1. The van der Waals surface area contributed by atoms with Gasteiger partial charge in [0.1, 0.15) is 5.82 Å². The summed E-state index contributed by atoms with van der Waals surface area (Å²) >= 11 is 5.84. The van der Waals surface area contributed by atoms with Gasteiger partial charge < -0.3 is 9.67 Å². The number of benzene rings is 1. The van der Waals surface area contributed by atoms with Gasteiger partial charge in [0.05, 0.1) is 0 Å². The van der Waals surface area contributed by atoms with Gasteiger partial charge in [-0.05, 0) is 30.7 Å². The Hall–Kier alpha value is -1.32. The molecule has 0 saturated carbocycles. The molecule has 1 aromatic carbocycles. The monoisotopic (exact) mass is 236 g/mol. The minimum absolute atomic E-state index is 0.193. The first-order chi connectivity index (χ1) is 7.81. The normalized spacial score (nSPS) is 10.6. The number of hydrogen-bond acceptors (Lipinski definition) is 2. The topological polar surface area (TPSA) is 38.0 Å². The molecule has 0 aliphatic carbocycles. The minimum Gasteiger partial charge on any atom is -0.396 e. The molecule has 3 nitrogen and oxygen atoms in total. The third kappa shape index (κ3) is 2.43. The van der Waals surface area contributed by atoms with Gasteiger partial charge in [-0.3, -0.25) is 0 Å². The number of nitrogens with zero attached hydrogens (tertiary/aromatic N) is 2. The third-order valence-electron chi connectivity index (χ3n) is 2.38. The van der Waals surface area contributed by atoms with E-state index < -0.39 is 0 Å². The van der Waals surface area contributed by atoms with Crippen LogP contribution < -0.4 is 0 Å². The van der Waals surface area contributed by atoms with E-state index in [0.717, 1.165) is 29.4 Å². The molecule has 0 radical (unpaired) electrons. The molecule has 0 saturated heterocycles. The van der Waals surface area contributed by atoms with Crippen LogP contribution in [0.1, 0.15) is 6.42 Å². The second-order valence-electron chi connectivity index (χ2n) is 3.53. The maximum atomic E-state index is 8.81. The number of hydrogen-bond donors (Lipinski definition) is 1. The Balaban J connectivity index is 2.26. The van der Waals surface area contributed by atoms with E-state index in [-0.39, 0.29) is 6.61 Å². The van der Waals surface area contributed by atoms with Crippen LogP contribution in [0.5, 0.6) is 0 Å². The molecule has 0 bridgehead atoms. The largest absolute Gasteiger partial charge is 0.396 e. The molecule has 1 heterocycles. The van der Waals surface area contributed by atoms with Crippen molar-refractivity contribution in [3.05, 3.63) is 41.7 Å². The number of aliphatic hydroxyl groups excluding tert-OH is 1. The van der Waals surface area contributed by atoms with Crippen molar-refractivity contribution in [3.63, 3.8) is 0 Å². The first-order valence-electron chi connectivity index (χ1n) is 5.19. The molecule has 0 amide bonds. The van der Waals surface area contributed by atoms with Gasteiger partial charge in [0, 0.05) is 36.1 Å². The van der Waals surface area contributed by atoms with E-state index in [4.69, 9.17) is 16.7 Å². The van der Waals surface area contributed by atoms with Crippen LogP contribution in [0.4, 0.5) is 0 Å². The van der Waals surface area contributed by atoms with Gasteiger partial charge in [-0.1, -0.05) is 11.6 Å². The van der Waals surface area contributed by atoms with E-state index in [9.17, 15) is 0 Å². The fourth-order valence-electron chi connectivity index (χ4n) is 1.59. The van der Waals surface area contributed by atoms with Gasteiger partial charge in [-0.15, -0.1) is 0 Å². The Labute approximate surface area is 99.3 Å². The molecule has 16 heavy (non-hydrogen) atoms. The summed E-state index contributed by atoms with van der Waals surface area (Å²) < 4.78 is 2.03. The van der Waals surface area contributed by atoms with Gasteiger partial charge in [-0.25, -0.2) is 4.98 Å². The lowest BCUT2D eigenvalue weighted by Crippen LogP contribution is -2.01. The Kier molecular flexibility index (Phi) is 3.59. The van der Waals surface area contributed by atoms with Gasteiger partial charge in [-0.2, -0.15) is 0 Å². The summed E-state index contributed by atoms with van der Waals surface area (Å²) in [6, 6.07) is 7.59. The van der Waals surface area contributed by atoms with Gasteiger partial charge >= 0.3 is 0 Å². The van der Waals surface area contributed by atoms with E-state index in [2.05, 4.69) is 4.98 Å². The van der Waals surface area contributed by atoms with E-state index in [0.29, 0.717) is 0 Å². The predicted octanol–water partition coefficient (Wildman–Crippen LogP) is 2.59. The van der Waals surface area contributed by atoms with Crippen molar-refractivity contribution in [3.8, 4) is 11.4 Å². The molecule has 0 atom stereocenters. The number of aryl methyl sites for hydroxylation is 1. The lowest BCUT2D eigenvalue weighted by atomic mass is 10.2. The van der Waals surface area contributed by atoms with Crippen molar-refractivity contribution in [1.29, 1.82) is 0 Å². The highest BCUT2D eigenvalue weighted by Gasteiger charge is 2.04. The van der Waals surface area contributed by atoms with Crippen molar-refractivity contribution >= 4 is 11.6 Å². The summed E-state index contributed by atoms with van der Waals surface area (Å²) in [5, 5.41) is 9.53. The first kappa shape index (κ1) is 11.2. The first-order valence-corrected chi connectivity index (χ1v) is 5.57. The minimum atomic E-state index is 0.193. The highest BCUT2D eigenvalue weighted by molar-refractivity contribution is 6.30. The Morgan fingerprint density at radius 1 is 1.25 bits per heavy atom. The quantitative estimate of drug-likeness (QED) is 0.886. The maximum Gasteiger partial charge on any atom is 0.139 e. The molecule has 0 aliphatic heterocycles. The van der Waals surface area contributed by atoms with Crippen LogP contribution in [0, 0.1) is 0 Å². The maximum absolute atomic E-state index is 8.81. The molecular formula is C12H13ClN2O. The zero-order chi connectivity index (χ0) is 11.4. The summed E-state index contributed by atoms with van der Waals surface area (Å²) in [4.78, 5) is 4.31. The van der Waals surface area contributed by atoms with E-state index >= 15 is 0 Å².